The summed E-state index contributed by atoms with van der Waals surface area (Å²) >= 11 is 0. The number of aliphatic hydroxyl groups excluding tert-OH is 1. The molecule has 0 aliphatic carbocycles. The molecule has 1 fully saturated rings. The van der Waals surface area contributed by atoms with E-state index in [4.69, 9.17) is 0 Å². The predicted octanol–water partition coefficient (Wildman–Crippen LogP) is 1.54. The molecule has 0 aromatic rings. The minimum absolute atomic E-state index is 0.139. The predicted molar refractivity (Wildman–Crippen MR) is 86.1 cm³/mol. The van der Waals surface area contributed by atoms with Gasteiger partial charge in [-0.3, -0.25) is 4.90 Å². The van der Waals surface area contributed by atoms with Crippen molar-refractivity contribution in [3.05, 3.63) is 0 Å². The van der Waals surface area contributed by atoms with Gasteiger partial charge in [0.25, 0.3) is 0 Å². The topological polar surface area (TPSA) is 38.7 Å². The van der Waals surface area contributed by atoms with Crippen molar-refractivity contribution in [3.63, 3.8) is 0 Å². The van der Waals surface area contributed by atoms with Gasteiger partial charge in [0, 0.05) is 24.2 Å². The Balaban J connectivity index is 2.38. The second kappa shape index (κ2) is 8.32. The average molecular weight is 285 g/mol. The molecular weight excluding hydrogens is 250 g/mol. The van der Waals surface area contributed by atoms with Crippen LogP contribution < -0.4 is 5.32 Å². The van der Waals surface area contributed by atoms with Gasteiger partial charge in [-0.15, -0.1) is 0 Å². The SMILES string of the molecule is CC(C)NC(C)(CO)CCCN1CCCN(C)CC1C. The number of aliphatic hydroxyl groups is 1. The van der Waals surface area contributed by atoms with Crippen molar-refractivity contribution in [2.45, 2.75) is 64.6 Å². The minimum atomic E-state index is -0.139. The lowest BCUT2D eigenvalue weighted by molar-refractivity contribution is 0.141. The molecule has 0 aromatic carbocycles. The molecular formula is C16H35N3O. The third-order valence-corrected chi connectivity index (χ3v) is 4.34. The lowest BCUT2D eigenvalue weighted by Gasteiger charge is -2.33. The average Bonchev–Trinajstić information content (AvgIpc) is 2.50. The molecule has 0 amide bonds. The van der Waals surface area contributed by atoms with Gasteiger partial charge >= 0.3 is 0 Å². The molecule has 4 nitrogen and oxygen atoms in total. The standard InChI is InChI=1S/C16H35N3O/c1-14(2)17-16(4,13-20)8-6-10-19-11-7-9-18(5)12-15(19)3/h14-15,17,20H,6-13H2,1-5H3. The Morgan fingerprint density at radius 1 is 1.35 bits per heavy atom. The molecule has 1 aliphatic rings. The summed E-state index contributed by atoms with van der Waals surface area (Å²) in [7, 11) is 2.22. The summed E-state index contributed by atoms with van der Waals surface area (Å²) in [6, 6.07) is 1.05. The lowest BCUT2D eigenvalue weighted by Crippen LogP contribution is -2.49. The van der Waals surface area contributed by atoms with E-state index in [0.717, 1.165) is 19.4 Å². The Labute approximate surface area is 125 Å². The number of hydrogen-bond donors (Lipinski definition) is 2. The quantitative estimate of drug-likeness (QED) is 0.744. The van der Waals surface area contributed by atoms with Crippen LogP contribution in [0.3, 0.4) is 0 Å². The normalized spacial score (nSPS) is 25.6. The number of likely N-dealkylation sites (N-methyl/N-ethyl adjacent to an activating group) is 1. The Bertz CT molecular complexity index is 272. The van der Waals surface area contributed by atoms with E-state index in [2.05, 4.69) is 49.9 Å². The highest BCUT2D eigenvalue weighted by Gasteiger charge is 2.25. The van der Waals surface area contributed by atoms with E-state index < -0.39 is 0 Å². The van der Waals surface area contributed by atoms with Gasteiger partial charge < -0.3 is 15.3 Å². The maximum atomic E-state index is 9.62. The van der Waals surface area contributed by atoms with E-state index in [-0.39, 0.29) is 12.1 Å². The van der Waals surface area contributed by atoms with E-state index in [1.54, 1.807) is 0 Å². The molecule has 0 aromatic heterocycles. The molecule has 0 radical (unpaired) electrons. The maximum Gasteiger partial charge on any atom is 0.0610 e. The third-order valence-electron chi connectivity index (χ3n) is 4.34. The maximum absolute atomic E-state index is 9.62. The first-order valence-electron chi connectivity index (χ1n) is 8.17. The molecule has 2 unspecified atom stereocenters. The molecule has 0 spiro atoms. The van der Waals surface area contributed by atoms with E-state index in [9.17, 15) is 5.11 Å². The zero-order chi connectivity index (χ0) is 15.2. The van der Waals surface area contributed by atoms with E-state index >= 15 is 0 Å². The van der Waals surface area contributed by atoms with E-state index in [1.165, 1.54) is 26.1 Å². The van der Waals surface area contributed by atoms with Gasteiger partial charge in [0.15, 0.2) is 0 Å². The Hall–Kier alpha value is -0.160. The highest BCUT2D eigenvalue weighted by molar-refractivity contribution is 4.85. The van der Waals surface area contributed by atoms with Crippen LogP contribution in [0.15, 0.2) is 0 Å². The first kappa shape index (κ1) is 17.9. The fourth-order valence-electron chi connectivity index (χ4n) is 3.32. The Kier molecular flexibility index (Phi) is 7.45. The van der Waals surface area contributed by atoms with Crippen molar-refractivity contribution in [2.24, 2.45) is 0 Å². The fourth-order valence-corrected chi connectivity index (χ4v) is 3.32. The molecule has 4 heteroatoms. The summed E-state index contributed by atoms with van der Waals surface area (Å²) in [5, 5.41) is 13.1. The molecule has 2 N–H and O–H groups in total. The largest absolute Gasteiger partial charge is 0.394 e. The van der Waals surface area contributed by atoms with Crippen LogP contribution >= 0.6 is 0 Å². The summed E-state index contributed by atoms with van der Waals surface area (Å²) in [6.45, 7) is 13.7. The second-order valence-electron chi connectivity index (χ2n) is 7.12. The summed E-state index contributed by atoms with van der Waals surface area (Å²) in [4.78, 5) is 5.04. The van der Waals surface area contributed by atoms with Gasteiger partial charge in [-0.2, -0.15) is 0 Å². The van der Waals surface area contributed by atoms with Crippen molar-refractivity contribution < 1.29 is 5.11 Å². The molecule has 1 aliphatic heterocycles. The molecule has 20 heavy (non-hydrogen) atoms. The number of nitrogens with one attached hydrogen (secondary N) is 1. The van der Waals surface area contributed by atoms with Crippen LogP contribution in [0.4, 0.5) is 0 Å². The molecule has 0 bridgehead atoms. The summed E-state index contributed by atoms with van der Waals surface area (Å²) in [5.41, 5.74) is -0.139. The van der Waals surface area contributed by atoms with Crippen molar-refractivity contribution >= 4 is 0 Å². The molecule has 1 heterocycles. The Morgan fingerprint density at radius 2 is 2.05 bits per heavy atom. The van der Waals surface area contributed by atoms with Crippen molar-refractivity contribution in [3.8, 4) is 0 Å². The van der Waals surface area contributed by atoms with Crippen LogP contribution in [0.2, 0.25) is 0 Å². The van der Waals surface area contributed by atoms with Crippen LogP contribution in [0, 0.1) is 0 Å². The number of hydrogen-bond acceptors (Lipinski definition) is 4. The molecule has 0 saturated carbocycles. The van der Waals surface area contributed by atoms with Gasteiger partial charge in [-0.25, -0.2) is 0 Å². The lowest BCUT2D eigenvalue weighted by atomic mass is 9.95. The molecule has 120 valence electrons. The molecule has 1 rings (SSSR count). The van der Waals surface area contributed by atoms with Crippen LogP contribution in [0.1, 0.15) is 47.0 Å². The third kappa shape index (κ3) is 6.08. The Morgan fingerprint density at radius 3 is 2.65 bits per heavy atom. The number of rotatable bonds is 7. The van der Waals surface area contributed by atoms with Gasteiger partial charge in [0.2, 0.25) is 0 Å². The van der Waals surface area contributed by atoms with Crippen LogP contribution in [-0.2, 0) is 0 Å². The van der Waals surface area contributed by atoms with Crippen LogP contribution in [-0.4, -0.2) is 72.4 Å². The van der Waals surface area contributed by atoms with Gasteiger partial charge in [0.05, 0.1) is 6.61 Å². The summed E-state index contributed by atoms with van der Waals surface area (Å²) in [5.74, 6) is 0. The molecule has 2 atom stereocenters. The van der Waals surface area contributed by atoms with E-state index in [1.807, 2.05) is 0 Å². The van der Waals surface area contributed by atoms with Crippen LogP contribution in [0.25, 0.3) is 0 Å². The second-order valence-corrected chi connectivity index (χ2v) is 7.12. The minimum Gasteiger partial charge on any atom is -0.394 e. The first-order chi connectivity index (χ1) is 9.36. The number of nitrogens with zero attached hydrogens (tertiary/aromatic N) is 2. The van der Waals surface area contributed by atoms with Gasteiger partial charge in [-0.1, -0.05) is 13.8 Å². The summed E-state index contributed by atoms with van der Waals surface area (Å²) < 4.78 is 0. The highest BCUT2D eigenvalue weighted by atomic mass is 16.3. The molecule has 1 saturated heterocycles. The monoisotopic (exact) mass is 285 g/mol. The van der Waals surface area contributed by atoms with Gasteiger partial charge in [0.1, 0.15) is 0 Å². The highest BCUT2D eigenvalue weighted by Crippen LogP contribution is 2.15. The van der Waals surface area contributed by atoms with Crippen LogP contribution in [0.5, 0.6) is 0 Å². The van der Waals surface area contributed by atoms with Crippen molar-refractivity contribution in [1.82, 2.24) is 15.1 Å². The van der Waals surface area contributed by atoms with Crippen molar-refractivity contribution in [1.29, 1.82) is 0 Å². The van der Waals surface area contributed by atoms with Gasteiger partial charge in [-0.05, 0) is 59.8 Å². The zero-order valence-electron chi connectivity index (χ0n) is 14.2. The van der Waals surface area contributed by atoms with E-state index in [0.29, 0.717) is 12.1 Å². The fraction of sp³-hybridized carbons (Fsp3) is 1.00. The first-order valence-corrected chi connectivity index (χ1v) is 8.17. The van der Waals surface area contributed by atoms with Crippen molar-refractivity contribution in [2.75, 3.05) is 39.8 Å². The zero-order valence-corrected chi connectivity index (χ0v) is 14.2. The smallest absolute Gasteiger partial charge is 0.0610 e. The summed E-state index contributed by atoms with van der Waals surface area (Å²) in [6.07, 6.45) is 3.44.